The number of nitrogens with one attached hydrogen (secondary N) is 1. The van der Waals surface area contributed by atoms with Crippen LogP contribution < -0.4 is 0 Å². The molecule has 0 radical (unpaired) electrons. The van der Waals surface area contributed by atoms with Crippen LogP contribution >= 0.6 is 11.8 Å². The molecule has 0 atom stereocenters. The van der Waals surface area contributed by atoms with Crippen molar-refractivity contribution in [1.82, 2.24) is 20.2 Å². The van der Waals surface area contributed by atoms with E-state index in [1.165, 1.54) is 0 Å². The summed E-state index contributed by atoms with van der Waals surface area (Å²) < 4.78 is 0. The van der Waals surface area contributed by atoms with Crippen LogP contribution in [0.3, 0.4) is 0 Å². The Bertz CT molecular complexity index is 515. The van der Waals surface area contributed by atoms with Crippen LogP contribution in [0.4, 0.5) is 0 Å². The van der Waals surface area contributed by atoms with Crippen LogP contribution in [-0.4, -0.2) is 37.0 Å². The van der Waals surface area contributed by atoms with Gasteiger partial charge in [-0.3, -0.25) is 14.9 Å². The summed E-state index contributed by atoms with van der Waals surface area (Å²) in [7, 11) is 0. The van der Waals surface area contributed by atoms with E-state index in [4.69, 9.17) is 5.11 Å². The van der Waals surface area contributed by atoms with Gasteiger partial charge < -0.3 is 5.11 Å². The molecule has 2 heterocycles. The Hall–Kier alpha value is -1.89. The van der Waals surface area contributed by atoms with E-state index in [1.54, 1.807) is 6.20 Å². The van der Waals surface area contributed by atoms with E-state index in [0.29, 0.717) is 5.16 Å². The molecule has 0 aliphatic rings. The maximum Gasteiger partial charge on any atom is 0.313 e. The number of carboxylic acids is 1. The number of hydrogen-bond acceptors (Lipinski definition) is 5. The van der Waals surface area contributed by atoms with Crippen molar-refractivity contribution in [3.8, 4) is 0 Å². The first-order chi connectivity index (χ1) is 8.74. The maximum absolute atomic E-state index is 10.4. The number of pyridine rings is 1. The summed E-state index contributed by atoms with van der Waals surface area (Å²) in [4.78, 5) is 18.6. The number of thioether (sulfide) groups is 1. The third-order valence-electron chi connectivity index (χ3n) is 2.21. The number of aliphatic carboxylic acids is 1. The zero-order valence-electron chi connectivity index (χ0n) is 9.54. The number of hydrogen-bond donors (Lipinski definition) is 2. The molecule has 0 spiro atoms. The molecule has 7 heteroatoms. The van der Waals surface area contributed by atoms with Crippen molar-refractivity contribution < 1.29 is 9.90 Å². The first-order valence-electron chi connectivity index (χ1n) is 5.39. The summed E-state index contributed by atoms with van der Waals surface area (Å²) in [6, 6.07) is 3.90. The van der Waals surface area contributed by atoms with Gasteiger partial charge in [0.2, 0.25) is 5.16 Å². The van der Waals surface area contributed by atoms with Crippen LogP contribution in [0.25, 0.3) is 0 Å². The minimum Gasteiger partial charge on any atom is -0.481 e. The van der Waals surface area contributed by atoms with E-state index in [1.807, 2.05) is 18.3 Å². The van der Waals surface area contributed by atoms with Crippen LogP contribution in [0.2, 0.25) is 0 Å². The highest BCUT2D eigenvalue weighted by Gasteiger charge is 2.06. The summed E-state index contributed by atoms with van der Waals surface area (Å²) in [6.45, 7) is 0. The van der Waals surface area contributed by atoms with Crippen molar-refractivity contribution in [3.05, 3.63) is 35.9 Å². The second-order valence-corrected chi connectivity index (χ2v) is 4.55. The lowest BCUT2D eigenvalue weighted by Gasteiger charge is -1.96. The molecule has 0 saturated carbocycles. The van der Waals surface area contributed by atoms with Gasteiger partial charge in [-0.15, -0.1) is 5.10 Å². The average molecular weight is 264 g/mol. The Kier molecular flexibility index (Phi) is 4.30. The van der Waals surface area contributed by atoms with Gasteiger partial charge in [0.1, 0.15) is 5.82 Å². The lowest BCUT2D eigenvalue weighted by atomic mass is 10.1. The number of aryl methyl sites for hydroxylation is 2. The number of H-pyrrole nitrogens is 1. The van der Waals surface area contributed by atoms with Crippen molar-refractivity contribution in [2.45, 2.75) is 18.0 Å². The van der Waals surface area contributed by atoms with E-state index in [9.17, 15) is 4.79 Å². The fourth-order valence-corrected chi connectivity index (χ4v) is 1.93. The quantitative estimate of drug-likeness (QED) is 0.761. The Morgan fingerprint density at radius 1 is 1.44 bits per heavy atom. The summed E-state index contributed by atoms with van der Waals surface area (Å²) >= 11 is 1.11. The van der Waals surface area contributed by atoms with Gasteiger partial charge in [0.15, 0.2) is 0 Å². The lowest BCUT2D eigenvalue weighted by Crippen LogP contribution is -1.98. The van der Waals surface area contributed by atoms with Crippen molar-refractivity contribution >= 4 is 17.7 Å². The Labute approximate surface area is 108 Å². The first-order valence-corrected chi connectivity index (χ1v) is 6.37. The minimum absolute atomic E-state index is 0.0279. The molecule has 0 aliphatic heterocycles. The molecule has 2 rings (SSSR count). The standard InChI is InChI=1S/C11H12N4O2S/c16-10(17)7-18-11-13-9(14-15-11)4-3-8-2-1-5-12-6-8/h1-2,5-6H,3-4,7H2,(H,16,17)(H,13,14,15). The van der Waals surface area contributed by atoms with E-state index in [-0.39, 0.29) is 5.75 Å². The zero-order chi connectivity index (χ0) is 12.8. The molecule has 2 N–H and O–H groups in total. The van der Waals surface area contributed by atoms with Crippen LogP contribution in [-0.2, 0) is 17.6 Å². The minimum atomic E-state index is -0.873. The first kappa shape index (κ1) is 12.6. The second kappa shape index (κ2) is 6.15. The van der Waals surface area contributed by atoms with Crippen molar-refractivity contribution in [2.24, 2.45) is 0 Å². The molecule has 6 nitrogen and oxygen atoms in total. The summed E-state index contributed by atoms with van der Waals surface area (Å²) in [5, 5.41) is 15.8. The molecule has 0 aliphatic carbocycles. The highest BCUT2D eigenvalue weighted by molar-refractivity contribution is 7.99. The fraction of sp³-hybridized carbons (Fsp3) is 0.273. The Balaban J connectivity index is 1.85. The van der Waals surface area contributed by atoms with E-state index < -0.39 is 5.97 Å². The zero-order valence-corrected chi connectivity index (χ0v) is 10.4. The monoisotopic (exact) mass is 264 g/mol. The molecule has 2 aromatic heterocycles. The predicted octanol–water partition coefficient (Wildman–Crippen LogP) is 1.16. The van der Waals surface area contributed by atoms with Gasteiger partial charge in [0.05, 0.1) is 5.75 Å². The number of carbonyl (C=O) groups is 1. The summed E-state index contributed by atoms with van der Waals surface area (Å²) in [5.41, 5.74) is 1.13. The van der Waals surface area contributed by atoms with Crippen molar-refractivity contribution in [3.63, 3.8) is 0 Å². The molecule has 2 aromatic rings. The van der Waals surface area contributed by atoms with Gasteiger partial charge in [0.25, 0.3) is 0 Å². The molecule has 0 fully saturated rings. The molecule has 0 saturated heterocycles. The number of aromatic amines is 1. The molecule has 0 unspecified atom stereocenters. The molecule has 0 aromatic carbocycles. The van der Waals surface area contributed by atoms with E-state index in [0.717, 1.165) is 36.0 Å². The van der Waals surface area contributed by atoms with Crippen LogP contribution in [0.5, 0.6) is 0 Å². The number of rotatable bonds is 6. The van der Waals surface area contributed by atoms with Gasteiger partial charge >= 0.3 is 5.97 Å². The molecular weight excluding hydrogens is 252 g/mol. The summed E-state index contributed by atoms with van der Waals surface area (Å²) in [5.74, 6) is -0.145. The molecule has 0 amide bonds. The molecular formula is C11H12N4O2S. The topological polar surface area (TPSA) is 91.8 Å². The fourth-order valence-electron chi connectivity index (χ4n) is 1.39. The normalized spacial score (nSPS) is 10.4. The van der Waals surface area contributed by atoms with Crippen LogP contribution in [0, 0.1) is 0 Å². The number of aromatic nitrogens is 4. The predicted molar refractivity (Wildman–Crippen MR) is 66.4 cm³/mol. The lowest BCUT2D eigenvalue weighted by molar-refractivity contribution is -0.133. The van der Waals surface area contributed by atoms with E-state index in [2.05, 4.69) is 20.2 Å². The van der Waals surface area contributed by atoms with E-state index >= 15 is 0 Å². The number of carboxylic acid groups (broad SMARTS) is 1. The van der Waals surface area contributed by atoms with Crippen LogP contribution in [0.15, 0.2) is 29.7 Å². The highest BCUT2D eigenvalue weighted by atomic mass is 32.2. The third kappa shape index (κ3) is 3.85. The molecule has 18 heavy (non-hydrogen) atoms. The van der Waals surface area contributed by atoms with Gasteiger partial charge in [-0.25, -0.2) is 4.98 Å². The second-order valence-electron chi connectivity index (χ2n) is 3.61. The van der Waals surface area contributed by atoms with Gasteiger partial charge in [-0.05, 0) is 18.1 Å². The molecule has 0 bridgehead atoms. The van der Waals surface area contributed by atoms with Gasteiger partial charge in [0, 0.05) is 18.8 Å². The highest BCUT2D eigenvalue weighted by Crippen LogP contribution is 2.12. The average Bonchev–Trinajstić information content (AvgIpc) is 2.83. The van der Waals surface area contributed by atoms with Crippen molar-refractivity contribution in [1.29, 1.82) is 0 Å². The van der Waals surface area contributed by atoms with Crippen LogP contribution in [0.1, 0.15) is 11.4 Å². The summed E-state index contributed by atoms with van der Waals surface area (Å²) in [6.07, 6.45) is 5.10. The van der Waals surface area contributed by atoms with Gasteiger partial charge in [-0.2, -0.15) is 0 Å². The number of nitrogens with zero attached hydrogens (tertiary/aromatic N) is 3. The smallest absolute Gasteiger partial charge is 0.313 e. The molecule has 94 valence electrons. The Morgan fingerprint density at radius 3 is 3.06 bits per heavy atom. The van der Waals surface area contributed by atoms with Crippen molar-refractivity contribution in [2.75, 3.05) is 5.75 Å². The maximum atomic E-state index is 10.4. The van der Waals surface area contributed by atoms with Gasteiger partial charge in [-0.1, -0.05) is 17.8 Å². The SMILES string of the molecule is O=C(O)CSc1n[nH]c(CCc2cccnc2)n1. The Morgan fingerprint density at radius 2 is 2.33 bits per heavy atom. The third-order valence-corrected chi connectivity index (χ3v) is 3.04. The largest absolute Gasteiger partial charge is 0.481 e.